The second kappa shape index (κ2) is 7.20. The molecule has 0 heterocycles. The highest BCUT2D eigenvalue weighted by molar-refractivity contribution is 8.00. The van der Waals surface area contributed by atoms with E-state index < -0.39 is 5.51 Å². The van der Waals surface area contributed by atoms with Crippen LogP contribution in [0.3, 0.4) is 0 Å². The Morgan fingerprint density at radius 2 is 1.68 bits per heavy atom. The molecule has 0 aromatic heterocycles. The normalized spacial score (nSPS) is 13.8. The SMILES string of the molecule is CC(C)CC(C)NCc1ccc(SC(F)(F)F)cc1. The molecule has 1 nitrogen and oxygen atoms in total. The van der Waals surface area contributed by atoms with Gasteiger partial charge in [-0.2, -0.15) is 13.2 Å². The zero-order valence-corrected chi connectivity index (χ0v) is 12.2. The lowest BCUT2D eigenvalue weighted by Gasteiger charge is -2.16. The molecule has 1 rings (SSSR count). The summed E-state index contributed by atoms with van der Waals surface area (Å²) in [5.74, 6) is 0.632. The molecule has 1 aromatic rings. The van der Waals surface area contributed by atoms with E-state index in [2.05, 4.69) is 26.1 Å². The van der Waals surface area contributed by atoms with E-state index in [1.54, 1.807) is 12.1 Å². The van der Waals surface area contributed by atoms with E-state index in [-0.39, 0.29) is 16.7 Å². The second-order valence-corrected chi connectivity index (χ2v) is 6.24. The maximum absolute atomic E-state index is 12.2. The summed E-state index contributed by atoms with van der Waals surface area (Å²) in [6.07, 6.45) is 1.09. The van der Waals surface area contributed by atoms with Gasteiger partial charge >= 0.3 is 5.51 Å². The molecule has 0 saturated carbocycles. The summed E-state index contributed by atoms with van der Waals surface area (Å²) in [5.41, 5.74) is -3.21. The molecule has 1 aromatic carbocycles. The van der Waals surface area contributed by atoms with E-state index in [0.29, 0.717) is 18.5 Å². The van der Waals surface area contributed by atoms with Crippen LogP contribution in [0.15, 0.2) is 29.2 Å². The topological polar surface area (TPSA) is 12.0 Å². The average molecular weight is 291 g/mol. The Labute approximate surface area is 117 Å². The van der Waals surface area contributed by atoms with E-state index in [4.69, 9.17) is 0 Å². The van der Waals surface area contributed by atoms with Gasteiger partial charge in [0.25, 0.3) is 0 Å². The van der Waals surface area contributed by atoms with Crippen LogP contribution in [0.5, 0.6) is 0 Å². The molecule has 1 atom stereocenters. The number of hydrogen-bond acceptors (Lipinski definition) is 2. The third-order valence-corrected chi connectivity index (χ3v) is 3.38. The van der Waals surface area contributed by atoms with Crippen LogP contribution in [0.25, 0.3) is 0 Å². The second-order valence-electron chi connectivity index (χ2n) is 5.10. The van der Waals surface area contributed by atoms with Crippen molar-refractivity contribution in [2.45, 2.75) is 50.2 Å². The van der Waals surface area contributed by atoms with Gasteiger partial charge in [-0.15, -0.1) is 0 Å². The molecule has 0 spiro atoms. The Morgan fingerprint density at radius 3 is 2.16 bits per heavy atom. The van der Waals surface area contributed by atoms with Crippen molar-refractivity contribution in [1.82, 2.24) is 5.32 Å². The van der Waals surface area contributed by atoms with Crippen LogP contribution in [0.1, 0.15) is 32.8 Å². The lowest BCUT2D eigenvalue weighted by molar-refractivity contribution is -0.0328. The highest BCUT2D eigenvalue weighted by atomic mass is 32.2. The highest BCUT2D eigenvalue weighted by Gasteiger charge is 2.28. The largest absolute Gasteiger partial charge is 0.446 e. The maximum Gasteiger partial charge on any atom is 0.446 e. The molecule has 0 aliphatic rings. The number of alkyl halides is 3. The summed E-state index contributed by atoms with van der Waals surface area (Å²) in [4.78, 5) is 0.228. The first-order valence-electron chi connectivity index (χ1n) is 6.34. The quantitative estimate of drug-likeness (QED) is 0.754. The first-order valence-corrected chi connectivity index (χ1v) is 7.16. The summed E-state index contributed by atoms with van der Waals surface area (Å²) < 4.78 is 36.5. The summed E-state index contributed by atoms with van der Waals surface area (Å²) in [5, 5.41) is 3.37. The van der Waals surface area contributed by atoms with Crippen LogP contribution in [0.2, 0.25) is 0 Å². The first kappa shape index (κ1) is 16.4. The van der Waals surface area contributed by atoms with Crippen molar-refractivity contribution in [2.24, 2.45) is 5.92 Å². The van der Waals surface area contributed by atoms with Crippen molar-refractivity contribution in [3.05, 3.63) is 29.8 Å². The first-order chi connectivity index (χ1) is 8.76. The number of benzene rings is 1. The fourth-order valence-electron chi connectivity index (χ4n) is 1.89. The summed E-state index contributed by atoms with van der Waals surface area (Å²) in [6, 6.07) is 6.92. The molecule has 0 saturated heterocycles. The van der Waals surface area contributed by atoms with Gasteiger partial charge in [-0.05, 0) is 48.7 Å². The number of halogens is 3. The van der Waals surface area contributed by atoms with Crippen molar-refractivity contribution >= 4 is 11.8 Å². The number of rotatable bonds is 6. The third kappa shape index (κ3) is 7.47. The van der Waals surface area contributed by atoms with Crippen LogP contribution in [-0.2, 0) is 6.54 Å². The third-order valence-electron chi connectivity index (χ3n) is 2.64. The lowest BCUT2D eigenvalue weighted by atomic mass is 10.1. The Morgan fingerprint density at radius 1 is 1.11 bits per heavy atom. The lowest BCUT2D eigenvalue weighted by Crippen LogP contribution is -2.26. The van der Waals surface area contributed by atoms with Crippen molar-refractivity contribution in [3.63, 3.8) is 0 Å². The smallest absolute Gasteiger partial charge is 0.310 e. The van der Waals surface area contributed by atoms with Gasteiger partial charge in [0.1, 0.15) is 0 Å². The molecular weight excluding hydrogens is 271 g/mol. The van der Waals surface area contributed by atoms with Crippen molar-refractivity contribution in [3.8, 4) is 0 Å². The van der Waals surface area contributed by atoms with E-state index in [0.717, 1.165) is 12.0 Å². The van der Waals surface area contributed by atoms with Crippen molar-refractivity contribution in [2.75, 3.05) is 0 Å². The van der Waals surface area contributed by atoms with E-state index in [1.165, 1.54) is 12.1 Å². The molecule has 0 radical (unpaired) electrons. The van der Waals surface area contributed by atoms with Gasteiger partial charge in [0.05, 0.1) is 0 Å². The monoisotopic (exact) mass is 291 g/mol. The van der Waals surface area contributed by atoms with Crippen LogP contribution < -0.4 is 5.32 Å². The van der Waals surface area contributed by atoms with Gasteiger partial charge in [0.15, 0.2) is 0 Å². The molecule has 0 amide bonds. The maximum atomic E-state index is 12.2. The summed E-state index contributed by atoms with van der Waals surface area (Å²) in [6.45, 7) is 7.14. The van der Waals surface area contributed by atoms with E-state index in [9.17, 15) is 13.2 Å². The van der Waals surface area contributed by atoms with Crippen LogP contribution in [0, 0.1) is 5.92 Å². The van der Waals surface area contributed by atoms with Crippen molar-refractivity contribution in [1.29, 1.82) is 0 Å². The Bertz CT molecular complexity index is 373. The van der Waals surface area contributed by atoms with Gasteiger partial charge in [-0.3, -0.25) is 0 Å². The van der Waals surface area contributed by atoms with Crippen molar-refractivity contribution < 1.29 is 13.2 Å². The van der Waals surface area contributed by atoms with E-state index in [1.807, 2.05) is 0 Å². The molecule has 0 aliphatic heterocycles. The molecular formula is C14H20F3NS. The minimum absolute atomic E-state index is 0.0782. The summed E-state index contributed by atoms with van der Waals surface area (Å²) in [7, 11) is 0. The van der Waals surface area contributed by atoms with Crippen LogP contribution in [0.4, 0.5) is 13.2 Å². The molecule has 1 unspecified atom stereocenters. The standard InChI is InChI=1S/C14H20F3NS/c1-10(2)8-11(3)18-9-12-4-6-13(7-5-12)19-14(15,16)17/h4-7,10-11,18H,8-9H2,1-3H3. The molecule has 0 aliphatic carbocycles. The molecule has 0 bridgehead atoms. The Hall–Kier alpha value is -0.680. The zero-order chi connectivity index (χ0) is 14.5. The van der Waals surface area contributed by atoms with Gasteiger partial charge in [-0.1, -0.05) is 26.0 Å². The number of hydrogen-bond donors (Lipinski definition) is 1. The minimum atomic E-state index is -4.22. The fourth-order valence-corrected chi connectivity index (χ4v) is 2.43. The average Bonchev–Trinajstić information content (AvgIpc) is 2.25. The predicted molar refractivity (Wildman–Crippen MR) is 74.1 cm³/mol. The molecule has 5 heteroatoms. The van der Waals surface area contributed by atoms with Gasteiger partial charge in [-0.25, -0.2) is 0 Å². The fraction of sp³-hybridized carbons (Fsp3) is 0.571. The molecule has 108 valence electrons. The number of nitrogens with one attached hydrogen (secondary N) is 1. The van der Waals surface area contributed by atoms with Gasteiger partial charge < -0.3 is 5.32 Å². The van der Waals surface area contributed by atoms with Crippen LogP contribution >= 0.6 is 11.8 Å². The minimum Gasteiger partial charge on any atom is -0.310 e. The number of thioether (sulfide) groups is 1. The zero-order valence-electron chi connectivity index (χ0n) is 11.4. The predicted octanol–water partition coefficient (Wildman–Crippen LogP) is 4.82. The van der Waals surface area contributed by atoms with Gasteiger partial charge in [0.2, 0.25) is 0 Å². The van der Waals surface area contributed by atoms with E-state index >= 15 is 0 Å². The summed E-state index contributed by atoms with van der Waals surface area (Å²) >= 11 is -0.0782. The van der Waals surface area contributed by atoms with Gasteiger partial charge in [0, 0.05) is 17.5 Å². The molecule has 1 N–H and O–H groups in total. The Balaban J connectivity index is 2.44. The molecule has 0 fully saturated rings. The molecule has 19 heavy (non-hydrogen) atoms. The Kier molecular flexibility index (Phi) is 6.20. The van der Waals surface area contributed by atoms with Crippen LogP contribution in [-0.4, -0.2) is 11.6 Å². The highest BCUT2D eigenvalue weighted by Crippen LogP contribution is 2.36.